The van der Waals surface area contributed by atoms with Crippen molar-refractivity contribution in [3.63, 3.8) is 0 Å². The average molecular weight is 287 g/mol. The molecule has 4 nitrogen and oxygen atoms in total. The third-order valence-electron chi connectivity index (χ3n) is 2.47. The van der Waals surface area contributed by atoms with Crippen LogP contribution in [-0.4, -0.2) is 22.1 Å². The molecule has 0 saturated heterocycles. The predicted molar refractivity (Wildman–Crippen MR) is 69.7 cm³/mol. The normalized spacial score (nSPS) is 11.0. The molecule has 2 heterocycles. The van der Waals surface area contributed by atoms with Crippen LogP contribution >= 0.6 is 0 Å². The second kappa shape index (κ2) is 6.02. The molecule has 20 heavy (non-hydrogen) atoms. The highest BCUT2D eigenvalue weighted by molar-refractivity contribution is 5.77. The lowest BCUT2D eigenvalue weighted by Crippen LogP contribution is -2.11. The highest BCUT2D eigenvalue weighted by atomic mass is 19.4. The molecule has 0 unspecified atom stereocenters. The molecule has 2 aromatic heterocycles. The Balaban J connectivity index is 0.000000956. The van der Waals surface area contributed by atoms with Crippen LogP contribution in [0.3, 0.4) is 0 Å². The number of hydrogen-bond donors (Lipinski definition) is 0. The van der Waals surface area contributed by atoms with Gasteiger partial charge in [0.15, 0.2) is 0 Å². The smallest absolute Gasteiger partial charge is 0.433 e. The van der Waals surface area contributed by atoms with Gasteiger partial charge in [-0.1, -0.05) is 13.8 Å². The Hall–Kier alpha value is -1.92. The summed E-state index contributed by atoms with van der Waals surface area (Å²) in [5.74, 6) is 0. The van der Waals surface area contributed by atoms with E-state index >= 15 is 0 Å². The van der Waals surface area contributed by atoms with E-state index in [-0.39, 0.29) is 17.1 Å². The molecular formula is C13H16F3N3O. The molecule has 0 N–H and O–H groups in total. The van der Waals surface area contributed by atoms with Crippen LogP contribution in [0.5, 0.6) is 6.01 Å². The maximum absolute atomic E-state index is 12.7. The Kier molecular flexibility index (Phi) is 4.86. The van der Waals surface area contributed by atoms with Crippen LogP contribution in [0.25, 0.3) is 11.0 Å². The summed E-state index contributed by atoms with van der Waals surface area (Å²) in [6.07, 6.45) is -4.48. The highest BCUT2D eigenvalue weighted by Crippen LogP contribution is 2.32. The molecule has 0 saturated carbocycles. The van der Waals surface area contributed by atoms with Crippen molar-refractivity contribution in [3.8, 4) is 6.01 Å². The fourth-order valence-corrected chi connectivity index (χ4v) is 1.65. The van der Waals surface area contributed by atoms with Crippen LogP contribution in [-0.2, 0) is 6.18 Å². The number of aryl methyl sites for hydroxylation is 2. The van der Waals surface area contributed by atoms with Crippen molar-refractivity contribution >= 4 is 11.0 Å². The fourth-order valence-electron chi connectivity index (χ4n) is 1.65. The van der Waals surface area contributed by atoms with Gasteiger partial charge in [-0.05, 0) is 25.5 Å². The zero-order valence-corrected chi connectivity index (χ0v) is 12.0. The van der Waals surface area contributed by atoms with Gasteiger partial charge in [0.2, 0.25) is 0 Å². The number of nitrogens with zero attached hydrogens (tertiary/aromatic N) is 3. The van der Waals surface area contributed by atoms with E-state index < -0.39 is 11.9 Å². The van der Waals surface area contributed by atoms with Crippen molar-refractivity contribution in [2.24, 2.45) is 0 Å². The minimum atomic E-state index is -4.48. The van der Waals surface area contributed by atoms with Crippen molar-refractivity contribution in [1.29, 1.82) is 0 Å². The van der Waals surface area contributed by atoms with Crippen LogP contribution in [0, 0.1) is 13.8 Å². The molecule has 0 aliphatic heterocycles. The van der Waals surface area contributed by atoms with Crippen LogP contribution < -0.4 is 4.74 Å². The first kappa shape index (κ1) is 16.1. The Morgan fingerprint density at radius 1 is 1.05 bits per heavy atom. The van der Waals surface area contributed by atoms with E-state index in [9.17, 15) is 13.2 Å². The maximum Gasteiger partial charge on any atom is 0.433 e. The number of alkyl halides is 3. The monoisotopic (exact) mass is 287 g/mol. The molecule has 0 fully saturated rings. The summed E-state index contributed by atoms with van der Waals surface area (Å²) in [5, 5.41) is 0. The molecule has 0 radical (unpaired) electrons. The van der Waals surface area contributed by atoms with Gasteiger partial charge in [-0.25, -0.2) is 4.98 Å². The third kappa shape index (κ3) is 3.15. The molecule has 0 aliphatic rings. The zero-order chi connectivity index (χ0) is 15.5. The van der Waals surface area contributed by atoms with E-state index in [0.29, 0.717) is 11.2 Å². The van der Waals surface area contributed by atoms with E-state index in [1.165, 1.54) is 20.1 Å². The summed E-state index contributed by atoms with van der Waals surface area (Å²) in [5.41, 5.74) is -0.0667. The van der Waals surface area contributed by atoms with Crippen molar-refractivity contribution in [2.75, 3.05) is 7.11 Å². The lowest BCUT2D eigenvalue weighted by molar-refractivity contribution is -0.141. The van der Waals surface area contributed by atoms with Gasteiger partial charge in [-0.3, -0.25) is 0 Å². The summed E-state index contributed by atoms with van der Waals surface area (Å²) in [4.78, 5) is 11.5. The zero-order valence-electron chi connectivity index (χ0n) is 12.0. The van der Waals surface area contributed by atoms with E-state index in [4.69, 9.17) is 4.74 Å². The van der Waals surface area contributed by atoms with Crippen molar-refractivity contribution in [2.45, 2.75) is 33.9 Å². The number of hydrogen-bond acceptors (Lipinski definition) is 4. The molecule has 0 aliphatic carbocycles. The topological polar surface area (TPSA) is 47.9 Å². The van der Waals surface area contributed by atoms with Gasteiger partial charge in [-0.15, -0.1) is 0 Å². The lowest BCUT2D eigenvalue weighted by atomic mass is 10.1. The van der Waals surface area contributed by atoms with Crippen LogP contribution in [0.15, 0.2) is 6.07 Å². The van der Waals surface area contributed by atoms with Crippen molar-refractivity contribution in [3.05, 3.63) is 23.0 Å². The summed E-state index contributed by atoms with van der Waals surface area (Å²) < 4.78 is 43.0. The summed E-state index contributed by atoms with van der Waals surface area (Å²) in [6, 6.07) is 1.45. The quantitative estimate of drug-likeness (QED) is 0.802. The number of pyridine rings is 1. The van der Waals surface area contributed by atoms with E-state index in [1.807, 2.05) is 13.8 Å². The molecule has 7 heteroatoms. The van der Waals surface area contributed by atoms with Gasteiger partial charge in [0, 0.05) is 0 Å². The second-order valence-electron chi connectivity index (χ2n) is 3.82. The summed E-state index contributed by atoms with van der Waals surface area (Å²) in [6.45, 7) is 6.91. The molecule has 0 amide bonds. The van der Waals surface area contributed by atoms with Gasteiger partial charge in [-0.2, -0.15) is 23.1 Å². The maximum atomic E-state index is 12.7. The van der Waals surface area contributed by atoms with Gasteiger partial charge in [0.05, 0.1) is 18.3 Å². The number of halogens is 3. The van der Waals surface area contributed by atoms with Gasteiger partial charge >= 0.3 is 12.2 Å². The standard InChI is InChI=1S/C11H10F3N3O.C2H6/c1-5-4-7-8(17-9(5)11(12,13)14)6(2)15-10(16-7)18-3;1-2/h4H,1-3H3;1-2H3. The van der Waals surface area contributed by atoms with Crippen LogP contribution in [0.1, 0.15) is 30.8 Å². The van der Waals surface area contributed by atoms with Gasteiger partial charge in [0.25, 0.3) is 0 Å². The van der Waals surface area contributed by atoms with Crippen LogP contribution in [0.2, 0.25) is 0 Å². The molecular weight excluding hydrogens is 271 g/mol. The highest BCUT2D eigenvalue weighted by Gasteiger charge is 2.35. The van der Waals surface area contributed by atoms with Crippen molar-refractivity contribution < 1.29 is 17.9 Å². The van der Waals surface area contributed by atoms with Crippen LogP contribution in [0.4, 0.5) is 13.2 Å². The Morgan fingerprint density at radius 2 is 1.65 bits per heavy atom. The average Bonchev–Trinajstić information content (AvgIpc) is 2.38. The first-order valence-corrected chi connectivity index (χ1v) is 6.10. The second-order valence-corrected chi connectivity index (χ2v) is 3.82. The largest absolute Gasteiger partial charge is 0.467 e. The summed E-state index contributed by atoms with van der Waals surface area (Å²) in [7, 11) is 1.39. The number of rotatable bonds is 1. The Bertz CT molecular complexity index is 612. The number of ether oxygens (including phenoxy) is 1. The number of methoxy groups -OCH3 is 1. The van der Waals surface area contributed by atoms with E-state index in [2.05, 4.69) is 15.0 Å². The van der Waals surface area contributed by atoms with E-state index in [0.717, 1.165) is 0 Å². The molecule has 0 spiro atoms. The third-order valence-corrected chi connectivity index (χ3v) is 2.47. The SMILES string of the molecule is CC.COc1nc(C)c2nc(C(F)(F)F)c(C)cc2n1. The van der Waals surface area contributed by atoms with Gasteiger partial charge in [0.1, 0.15) is 11.2 Å². The molecule has 0 aromatic carbocycles. The Labute approximate surface area is 115 Å². The molecule has 110 valence electrons. The molecule has 0 bridgehead atoms. The predicted octanol–water partition coefficient (Wildman–Crippen LogP) is 3.70. The summed E-state index contributed by atoms with van der Waals surface area (Å²) >= 11 is 0. The molecule has 0 atom stereocenters. The molecule has 2 rings (SSSR count). The number of aromatic nitrogens is 3. The minimum absolute atomic E-state index is 0.0233. The molecule has 2 aromatic rings. The lowest BCUT2D eigenvalue weighted by Gasteiger charge is -2.11. The first-order valence-electron chi connectivity index (χ1n) is 6.10. The Morgan fingerprint density at radius 3 is 2.15 bits per heavy atom. The fraction of sp³-hybridized carbons (Fsp3) is 0.462. The number of fused-ring (bicyclic) bond motifs is 1. The van der Waals surface area contributed by atoms with E-state index in [1.54, 1.807) is 6.92 Å². The van der Waals surface area contributed by atoms with Crippen molar-refractivity contribution in [1.82, 2.24) is 15.0 Å². The first-order chi connectivity index (χ1) is 9.32. The van der Waals surface area contributed by atoms with Gasteiger partial charge < -0.3 is 4.74 Å². The minimum Gasteiger partial charge on any atom is -0.467 e.